The van der Waals surface area contributed by atoms with Crippen LogP contribution >= 0.6 is 0 Å². The highest BCUT2D eigenvalue weighted by molar-refractivity contribution is 6.41. The second-order valence-corrected chi connectivity index (χ2v) is 6.47. The van der Waals surface area contributed by atoms with Gasteiger partial charge in [0, 0.05) is 9.52 Å². The van der Waals surface area contributed by atoms with Gasteiger partial charge in [-0.05, 0) is 0 Å². The highest BCUT2D eigenvalue weighted by Crippen LogP contribution is 2.11. The summed E-state index contributed by atoms with van der Waals surface area (Å²) in [5.41, 5.74) is 2.17. The molecule has 0 amide bonds. The minimum Gasteiger partial charge on any atom is -0.109 e. The maximum absolute atomic E-state index is 3.81. The second-order valence-electron chi connectivity index (χ2n) is 4.61. The molecule has 0 heterocycles. The van der Waals surface area contributed by atoms with Gasteiger partial charge in [0.25, 0.3) is 0 Å². The van der Waals surface area contributed by atoms with Crippen molar-refractivity contribution in [3.63, 3.8) is 0 Å². The molecule has 0 aromatic heterocycles. The first-order valence-corrected chi connectivity index (χ1v) is 8.84. The number of hydrogen-bond donors (Lipinski definition) is 0. The van der Waals surface area contributed by atoms with E-state index in [2.05, 4.69) is 19.2 Å². The zero-order valence-electron chi connectivity index (χ0n) is 10.8. The van der Waals surface area contributed by atoms with Gasteiger partial charge in [0.2, 0.25) is 0 Å². The Balaban J connectivity index is 2.83. The lowest BCUT2D eigenvalue weighted by molar-refractivity contribution is 0.562. The third-order valence-electron chi connectivity index (χ3n) is 3.01. The van der Waals surface area contributed by atoms with E-state index in [9.17, 15) is 0 Å². The summed E-state index contributed by atoms with van der Waals surface area (Å²) in [4.78, 5) is 0. The van der Waals surface area contributed by atoms with Crippen molar-refractivity contribution in [2.45, 2.75) is 77.2 Å². The largest absolute Gasteiger partial charge is 0.109 e. The molecule has 0 aromatic rings. The van der Waals surface area contributed by atoms with Crippen LogP contribution in [0.2, 0.25) is 6.04 Å². The van der Waals surface area contributed by atoms with Crippen molar-refractivity contribution in [2.75, 3.05) is 0 Å². The van der Waals surface area contributed by atoms with Crippen LogP contribution in [-0.2, 0) is 0 Å². The predicted octanol–water partition coefficient (Wildman–Crippen LogP) is 4.64. The fourth-order valence-corrected chi connectivity index (χ4v) is 2.88. The SMILES string of the molecule is C=C[SiH2]CCCCCCCCCCCC. The third kappa shape index (κ3) is 14.0. The Kier molecular flexibility index (Phi) is 13.9. The summed E-state index contributed by atoms with van der Waals surface area (Å²) in [6.45, 7) is 6.09. The zero-order chi connectivity index (χ0) is 11.2. The van der Waals surface area contributed by atoms with Crippen molar-refractivity contribution in [2.24, 2.45) is 0 Å². The van der Waals surface area contributed by atoms with Crippen LogP contribution in [0.15, 0.2) is 12.3 Å². The molecule has 0 rings (SSSR count). The molecule has 0 nitrogen and oxygen atoms in total. The molecular weight excluding hydrogens is 196 g/mol. The number of rotatable bonds is 12. The molecule has 0 aromatic carbocycles. The van der Waals surface area contributed by atoms with Crippen LogP contribution in [0.4, 0.5) is 0 Å². The highest BCUT2D eigenvalue weighted by atomic mass is 28.2. The molecule has 15 heavy (non-hydrogen) atoms. The van der Waals surface area contributed by atoms with Gasteiger partial charge in [0.05, 0.1) is 0 Å². The lowest BCUT2D eigenvalue weighted by atomic mass is 10.1. The molecule has 0 fully saturated rings. The van der Waals surface area contributed by atoms with E-state index in [0.717, 1.165) is 0 Å². The van der Waals surface area contributed by atoms with Crippen LogP contribution in [0.5, 0.6) is 0 Å². The van der Waals surface area contributed by atoms with Crippen LogP contribution in [0.1, 0.15) is 71.1 Å². The van der Waals surface area contributed by atoms with Gasteiger partial charge in [-0.25, -0.2) is 0 Å². The van der Waals surface area contributed by atoms with Crippen molar-refractivity contribution in [1.29, 1.82) is 0 Å². The molecule has 90 valence electrons. The van der Waals surface area contributed by atoms with Crippen LogP contribution in [0.3, 0.4) is 0 Å². The van der Waals surface area contributed by atoms with Gasteiger partial charge in [-0.3, -0.25) is 0 Å². The standard InChI is InChI=1S/C14H30Si/c1-3-5-6-7-8-9-10-11-12-13-14-15-4-2/h4H,2-3,5-15H2,1H3. The van der Waals surface area contributed by atoms with Gasteiger partial charge in [0.1, 0.15) is 0 Å². The van der Waals surface area contributed by atoms with Crippen LogP contribution in [-0.4, -0.2) is 9.52 Å². The zero-order valence-corrected chi connectivity index (χ0v) is 12.2. The topological polar surface area (TPSA) is 0 Å². The molecule has 0 aliphatic heterocycles. The Morgan fingerprint density at radius 1 is 0.800 bits per heavy atom. The van der Waals surface area contributed by atoms with Gasteiger partial charge >= 0.3 is 0 Å². The molecule has 0 saturated carbocycles. The first-order chi connectivity index (χ1) is 7.41. The third-order valence-corrected chi connectivity index (χ3v) is 4.33. The summed E-state index contributed by atoms with van der Waals surface area (Å²) in [5.74, 6) is 0. The Labute approximate surface area is 99.4 Å². The highest BCUT2D eigenvalue weighted by Gasteiger charge is 1.92. The summed E-state index contributed by atoms with van der Waals surface area (Å²) in [6.07, 6.45) is 14.6. The minimum atomic E-state index is 0.132. The van der Waals surface area contributed by atoms with Crippen molar-refractivity contribution < 1.29 is 0 Å². The summed E-state index contributed by atoms with van der Waals surface area (Å²) in [6, 6.07) is 1.49. The summed E-state index contributed by atoms with van der Waals surface area (Å²) >= 11 is 0. The lowest BCUT2D eigenvalue weighted by Crippen LogP contribution is -1.85. The molecule has 0 aliphatic carbocycles. The molecular formula is C14H30Si. The predicted molar refractivity (Wildman–Crippen MR) is 75.4 cm³/mol. The molecule has 0 unspecified atom stereocenters. The van der Waals surface area contributed by atoms with Crippen LogP contribution < -0.4 is 0 Å². The van der Waals surface area contributed by atoms with Crippen LogP contribution in [0, 0.1) is 0 Å². The van der Waals surface area contributed by atoms with E-state index < -0.39 is 0 Å². The summed E-state index contributed by atoms with van der Waals surface area (Å²) in [7, 11) is 0.132. The van der Waals surface area contributed by atoms with Gasteiger partial charge in [-0.1, -0.05) is 77.2 Å². The van der Waals surface area contributed by atoms with E-state index in [4.69, 9.17) is 0 Å². The Morgan fingerprint density at radius 3 is 1.73 bits per heavy atom. The molecule has 0 bridgehead atoms. The van der Waals surface area contributed by atoms with Crippen molar-refractivity contribution >= 4 is 9.52 Å². The van der Waals surface area contributed by atoms with E-state index in [-0.39, 0.29) is 9.52 Å². The molecule has 0 saturated heterocycles. The molecule has 1 heteroatoms. The summed E-state index contributed by atoms with van der Waals surface area (Å²) < 4.78 is 0. The van der Waals surface area contributed by atoms with E-state index in [1.54, 1.807) is 0 Å². The van der Waals surface area contributed by atoms with Gasteiger partial charge in [0.15, 0.2) is 0 Å². The monoisotopic (exact) mass is 226 g/mol. The number of unbranched alkanes of at least 4 members (excludes halogenated alkanes) is 9. The molecule has 0 radical (unpaired) electrons. The Hall–Kier alpha value is -0.0431. The van der Waals surface area contributed by atoms with Gasteiger partial charge < -0.3 is 0 Å². The van der Waals surface area contributed by atoms with E-state index >= 15 is 0 Å². The molecule has 0 spiro atoms. The first-order valence-electron chi connectivity index (χ1n) is 7.02. The maximum atomic E-state index is 3.81. The van der Waals surface area contributed by atoms with Crippen LogP contribution in [0.25, 0.3) is 0 Å². The minimum absolute atomic E-state index is 0.132. The Bertz CT molecular complexity index is 121. The lowest BCUT2D eigenvalue weighted by Gasteiger charge is -2.01. The normalized spacial score (nSPS) is 11.3. The van der Waals surface area contributed by atoms with Crippen molar-refractivity contribution in [3.05, 3.63) is 12.3 Å². The molecule has 0 N–H and O–H groups in total. The fraction of sp³-hybridized carbons (Fsp3) is 0.857. The van der Waals surface area contributed by atoms with E-state index in [1.807, 2.05) is 0 Å². The van der Waals surface area contributed by atoms with Crippen molar-refractivity contribution in [3.8, 4) is 0 Å². The molecule has 0 atom stereocenters. The Morgan fingerprint density at radius 2 is 1.27 bits per heavy atom. The van der Waals surface area contributed by atoms with Gasteiger partial charge in [-0.15, -0.1) is 12.3 Å². The molecule has 0 aliphatic rings. The fourth-order valence-electron chi connectivity index (χ4n) is 1.95. The summed E-state index contributed by atoms with van der Waals surface area (Å²) in [5, 5.41) is 0. The van der Waals surface area contributed by atoms with E-state index in [0.29, 0.717) is 0 Å². The quantitative estimate of drug-likeness (QED) is 0.336. The smallest absolute Gasteiger partial charge is 0.0446 e. The van der Waals surface area contributed by atoms with E-state index in [1.165, 1.54) is 70.3 Å². The first kappa shape index (κ1) is 15.0. The average Bonchev–Trinajstić information content (AvgIpc) is 2.26. The maximum Gasteiger partial charge on any atom is 0.0446 e. The van der Waals surface area contributed by atoms with Crippen molar-refractivity contribution in [1.82, 2.24) is 0 Å². The number of hydrogen-bond acceptors (Lipinski definition) is 0. The average molecular weight is 226 g/mol. The van der Waals surface area contributed by atoms with Gasteiger partial charge in [-0.2, -0.15) is 0 Å². The second kappa shape index (κ2) is 14.0.